The van der Waals surface area contributed by atoms with Gasteiger partial charge in [-0.05, 0) is 55.3 Å². The Morgan fingerprint density at radius 1 is 1.16 bits per heavy atom. The maximum absolute atomic E-state index is 5.87. The van der Waals surface area contributed by atoms with Crippen LogP contribution in [0.4, 0.5) is 0 Å². The summed E-state index contributed by atoms with van der Waals surface area (Å²) in [5.41, 5.74) is 1.04. The van der Waals surface area contributed by atoms with Crippen LogP contribution >= 0.6 is 11.6 Å². The quantitative estimate of drug-likeness (QED) is 0.875. The fourth-order valence-electron chi connectivity index (χ4n) is 1.91. The number of benzene rings is 1. The van der Waals surface area contributed by atoms with Gasteiger partial charge in [-0.2, -0.15) is 0 Å². The molecule has 1 aromatic heterocycles. The fraction of sp³-hybridized carbons (Fsp3) is 0.250. The number of hydrogen-bond acceptors (Lipinski definition) is 2. The van der Waals surface area contributed by atoms with Crippen LogP contribution in [0.15, 0.2) is 46.9 Å². The van der Waals surface area contributed by atoms with E-state index in [1.165, 1.54) is 12.8 Å². The van der Waals surface area contributed by atoms with Crippen molar-refractivity contribution in [3.8, 4) is 11.3 Å². The van der Waals surface area contributed by atoms with Crippen molar-refractivity contribution in [2.75, 3.05) is 6.54 Å². The molecule has 1 saturated carbocycles. The largest absolute Gasteiger partial charge is 0.457 e. The SMILES string of the molecule is Clc1ccc(-c2ccc(C=CCNC3CC3)o2)cc1. The van der Waals surface area contributed by atoms with Crippen LogP contribution in [-0.4, -0.2) is 12.6 Å². The van der Waals surface area contributed by atoms with Crippen LogP contribution in [0.5, 0.6) is 0 Å². The van der Waals surface area contributed by atoms with E-state index in [4.69, 9.17) is 16.0 Å². The topological polar surface area (TPSA) is 25.2 Å². The van der Waals surface area contributed by atoms with Gasteiger partial charge in [-0.25, -0.2) is 0 Å². The van der Waals surface area contributed by atoms with Crippen molar-refractivity contribution >= 4 is 17.7 Å². The zero-order valence-electron chi connectivity index (χ0n) is 10.6. The number of nitrogens with one attached hydrogen (secondary N) is 1. The third kappa shape index (κ3) is 3.49. The second kappa shape index (κ2) is 5.64. The number of rotatable bonds is 5. The Bertz CT molecular complexity index is 567. The summed E-state index contributed by atoms with van der Waals surface area (Å²) >= 11 is 5.87. The van der Waals surface area contributed by atoms with Gasteiger partial charge in [-0.3, -0.25) is 0 Å². The smallest absolute Gasteiger partial charge is 0.134 e. The van der Waals surface area contributed by atoms with Crippen molar-refractivity contribution in [3.05, 3.63) is 53.3 Å². The molecule has 1 fully saturated rings. The van der Waals surface area contributed by atoms with Crippen molar-refractivity contribution in [3.63, 3.8) is 0 Å². The first-order valence-electron chi connectivity index (χ1n) is 6.57. The molecule has 19 heavy (non-hydrogen) atoms. The highest BCUT2D eigenvalue weighted by molar-refractivity contribution is 6.30. The molecule has 2 aromatic rings. The lowest BCUT2D eigenvalue weighted by atomic mass is 10.2. The van der Waals surface area contributed by atoms with Gasteiger partial charge in [0.1, 0.15) is 11.5 Å². The van der Waals surface area contributed by atoms with E-state index in [-0.39, 0.29) is 0 Å². The zero-order chi connectivity index (χ0) is 13.1. The van der Waals surface area contributed by atoms with Crippen LogP contribution in [0, 0.1) is 0 Å². The molecule has 1 aromatic carbocycles. The Hall–Kier alpha value is -1.51. The standard InChI is InChI=1S/C16H16ClNO/c17-13-5-3-12(4-6-13)16-10-9-15(19-16)2-1-11-18-14-7-8-14/h1-6,9-10,14,18H,7-8,11H2. The van der Waals surface area contributed by atoms with E-state index in [1.807, 2.05) is 42.5 Å². The number of halogens is 1. The van der Waals surface area contributed by atoms with Gasteiger partial charge in [0.05, 0.1) is 0 Å². The highest BCUT2D eigenvalue weighted by Crippen LogP contribution is 2.24. The van der Waals surface area contributed by atoms with E-state index in [2.05, 4.69) is 11.4 Å². The lowest BCUT2D eigenvalue weighted by Gasteiger charge is -1.96. The summed E-state index contributed by atoms with van der Waals surface area (Å²) < 4.78 is 5.77. The van der Waals surface area contributed by atoms with Gasteiger partial charge in [0.2, 0.25) is 0 Å². The number of furan rings is 1. The molecule has 3 rings (SSSR count). The molecule has 1 heterocycles. The minimum Gasteiger partial charge on any atom is -0.457 e. The number of hydrogen-bond donors (Lipinski definition) is 1. The predicted molar refractivity (Wildman–Crippen MR) is 79.2 cm³/mol. The highest BCUT2D eigenvalue weighted by atomic mass is 35.5. The molecule has 0 aliphatic heterocycles. The van der Waals surface area contributed by atoms with Crippen LogP contribution in [0.1, 0.15) is 18.6 Å². The molecule has 0 amide bonds. The van der Waals surface area contributed by atoms with E-state index >= 15 is 0 Å². The zero-order valence-corrected chi connectivity index (χ0v) is 11.4. The van der Waals surface area contributed by atoms with E-state index in [0.717, 1.165) is 34.7 Å². The van der Waals surface area contributed by atoms with Gasteiger partial charge in [-0.1, -0.05) is 17.7 Å². The molecular weight excluding hydrogens is 258 g/mol. The molecule has 98 valence electrons. The molecule has 3 heteroatoms. The van der Waals surface area contributed by atoms with Gasteiger partial charge < -0.3 is 9.73 Å². The van der Waals surface area contributed by atoms with E-state index < -0.39 is 0 Å². The Balaban J connectivity index is 1.63. The van der Waals surface area contributed by atoms with Gasteiger partial charge in [-0.15, -0.1) is 0 Å². The molecule has 0 saturated heterocycles. The first-order chi connectivity index (χ1) is 9.31. The van der Waals surface area contributed by atoms with Crippen molar-refractivity contribution in [2.45, 2.75) is 18.9 Å². The average molecular weight is 274 g/mol. The second-order valence-corrected chi connectivity index (χ2v) is 5.23. The van der Waals surface area contributed by atoms with Crippen molar-refractivity contribution in [1.82, 2.24) is 5.32 Å². The van der Waals surface area contributed by atoms with E-state index in [1.54, 1.807) is 0 Å². The third-order valence-corrected chi connectivity index (χ3v) is 3.39. The average Bonchev–Trinajstić information content (AvgIpc) is 3.13. The van der Waals surface area contributed by atoms with Crippen LogP contribution in [-0.2, 0) is 0 Å². The van der Waals surface area contributed by atoms with Crippen molar-refractivity contribution in [2.24, 2.45) is 0 Å². The summed E-state index contributed by atoms with van der Waals surface area (Å²) in [6.45, 7) is 0.904. The van der Waals surface area contributed by atoms with E-state index in [0.29, 0.717) is 0 Å². The molecule has 0 bridgehead atoms. The predicted octanol–water partition coefficient (Wildman–Crippen LogP) is 4.37. The first-order valence-corrected chi connectivity index (χ1v) is 6.95. The summed E-state index contributed by atoms with van der Waals surface area (Å²) in [5.74, 6) is 1.74. The summed E-state index contributed by atoms with van der Waals surface area (Å²) in [5, 5.41) is 4.17. The summed E-state index contributed by atoms with van der Waals surface area (Å²) in [7, 11) is 0. The summed E-state index contributed by atoms with van der Waals surface area (Å²) in [6.07, 6.45) is 6.74. The second-order valence-electron chi connectivity index (χ2n) is 4.79. The summed E-state index contributed by atoms with van der Waals surface area (Å²) in [4.78, 5) is 0. The molecular formula is C16H16ClNO. The normalized spacial score (nSPS) is 15.2. The minimum absolute atomic E-state index is 0.738. The summed E-state index contributed by atoms with van der Waals surface area (Å²) in [6, 6.07) is 12.4. The lowest BCUT2D eigenvalue weighted by Crippen LogP contribution is -2.15. The minimum atomic E-state index is 0.738. The van der Waals surface area contributed by atoms with Gasteiger partial charge >= 0.3 is 0 Å². The molecule has 1 aliphatic carbocycles. The maximum Gasteiger partial charge on any atom is 0.134 e. The molecule has 0 spiro atoms. The lowest BCUT2D eigenvalue weighted by molar-refractivity contribution is 0.571. The van der Waals surface area contributed by atoms with Crippen LogP contribution in [0.25, 0.3) is 17.4 Å². The van der Waals surface area contributed by atoms with Gasteiger partial charge in [0.25, 0.3) is 0 Å². The molecule has 1 aliphatic rings. The van der Waals surface area contributed by atoms with Crippen molar-refractivity contribution in [1.29, 1.82) is 0 Å². The third-order valence-electron chi connectivity index (χ3n) is 3.14. The Kier molecular flexibility index (Phi) is 3.72. The Morgan fingerprint density at radius 3 is 2.68 bits per heavy atom. The maximum atomic E-state index is 5.87. The molecule has 0 atom stereocenters. The molecule has 0 radical (unpaired) electrons. The van der Waals surface area contributed by atoms with Crippen LogP contribution < -0.4 is 5.32 Å². The monoisotopic (exact) mass is 273 g/mol. The molecule has 2 nitrogen and oxygen atoms in total. The Morgan fingerprint density at radius 2 is 1.95 bits per heavy atom. The molecule has 1 N–H and O–H groups in total. The first kappa shape index (κ1) is 12.5. The van der Waals surface area contributed by atoms with Crippen molar-refractivity contribution < 1.29 is 4.42 Å². The van der Waals surface area contributed by atoms with Gasteiger partial charge in [0.15, 0.2) is 0 Å². The van der Waals surface area contributed by atoms with E-state index in [9.17, 15) is 0 Å². The van der Waals surface area contributed by atoms with Gasteiger partial charge in [0, 0.05) is 23.2 Å². The van der Waals surface area contributed by atoms with Crippen LogP contribution in [0.2, 0.25) is 5.02 Å². The fourth-order valence-corrected chi connectivity index (χ4v) is 2.03. The van der Waals surface area contributed by atoms with Crippen LogP contribution in [0.3, 0.4) is 0 Å². The molecule has 0 unspecified atom stereocenters. The Labute approximate surface area is 118 Å². The highest BCUT2D eigenvalue weighted by Gasteiger charge is 2.18.